The summed E-state index contributed by atoms with van der Waals surface area (Å²) in [6, 6.07) is 14.8. The first-order chi connectivity index (χ1) is 21.3. The van der Waals surface area contributed by atoms with Crippen LogP contribution in [0.5, 0.6) is 0 Å². The van der Waals surface area contributed by atoms with Crippen molar-refractivity contribution in [3.8, 4) is 0 Å². The fourth-order valence-electron chi connectivity index (χ4n) is 5.73. The number of benzene rings is 2. The molecule has 13 nitrogen and oxygen atoms in total. The molecule has 0 saturated carbocycles. The van der Waals surface area contributed by atoms with Gasteiger partial charge in [0.15, 0.2) is 0 Å². The zero-order valence-electron chi connectivity index (χ0n) is 23.7. The first-order valence-electron chi connectivity index (χ1n) is 14.0. The molecule has 2 aliphatic heterocycles. The molecule has 0 spiro atoms. The zero-order chi connectivity index (χ0) is 30.8. The van der Waals surface area contributed by atoms with E-state index in [9.17, 15) is 24.0 Å². The molecule has 6 rings (SSSR count). The Hall–Kier alpha value is -5.08. The molecule has 0 unspecified atom stereocenters. The second-order valence-electron chi connectivity index (χ2n) is 10.5. The van der Waals surface area contributed by atoms with E-state index in [1.165, 1.54) is 38.1 Å². The van der Waals surface area contributed by atoms with Gasteiger partial charge in [0.05, 0.1) is 35.4 Å². The number of nitrogens with zero attached hydrogens (tertiary/aromatic N) is 6. The van der Waals surface area contributed by atoms with E-state index in [0.29, 0.717) is 0 Å². The first-order valence-corrected chi connectivity index (χ1v) is 14.9. The number of rotatable bonds is 8. The second-order valence-corrected chi connectivity index (χ2v) is 11.4. The van der Waals surface area contributed by atoms with Gasteiger partial charge in [-0.25, -0.2) is 24.6 Å². The summed E-state index contributed by atoms with van der Waals surface area (Å²) < 4.78 is 2.16. The topological polar surface area (TPSA) is 144 Å². The number of nitrogens with one attached hydrogen (secondary N) is 2. The molecule has 2 aromatic carbocycles. The van der Waals surface area contributed by atoms with E-state index in [1.54, 1.807) is 21.5 Å². The number of carbonyl (C=O) groups excluding carboxylic acids is 3. The number of para-hydroxylation sites is 1. The number of carbonyl (C=O) groups is 3. The monoisotopic (exact) mass is 614 g/mol. The number of aromatic amines is 1. The van der Waals surface area contributed by atoms with Gasteiger partial charge in [0.1, 0.15) is 12.2 Å². The van der Waals surface area contributed by atoms with Gasteiger partial charge >= 0.3 is 11.7 Å². The number of hydrogen-bond donors (Lipinski definition) is 2. The highest BCUT2D eigenvalue weighted by Gasteiger charge is 2.51. The highest BCUT2D eigenvalue weighted by Crippen LogP contribution is 2.30. The maximum absolute atomic E-state index is 14.2. The summed E-state index contributed by atoms with van der Waals surface area (Å²) in [6.07, 6.45) is 2.01. The Morgan fingerprint density at radius 2 is 1.91 bits per heavy atom. The van der Waals surface area contributed by atoms with Crippen LogP contribution in [0.25, 0.3) is 10.2 Å². The van der Waals surface area contributed by atoms with E-state index in [-0.39, 0.29) is 51.1 Å². The van der Waals surface area contributed by atoms with Gasteiger partial charge in [-0.3, -0.25) is 23.9 Å². The van der Waals surface area contributed by atoms with Crippen molar-refractivity contribution in [2.75, 3.05) is 19.6 Å². The van der Waals surface area contributed by atoms with Gasteiger partial charge < -0.3 is 15.1 Å². The first kappa shape index (κ1) is 29.0. The molecule has 2 atom stereocenters. The summed E-state index contributed by atoms with van der Waals surface area (Å²) >= 11 is 1.49. The van der Waals surface area contributed by atoms with Gasteiger partial charge in [-0.15, -0.1) is 17.9 Å². The molecule has 0 bridgehead atoms. The normalized spacial score (nSPS) is 18.9. The molecule has 2 saturated heterocycles. The molecule has 2 N–H and O–H groups in total. The lowest BCUT2D eigenvalue weighted by Gasteiger charge is -2.55. The average Bonchev–Trinajstić information content (AvgIpc) is 3.50. The van der Waals surface area contributed by atoms with E-state index in [0.717, 1.165) is 21.3 Å². The van der Waals surface area contributed by atoms with Crippen LogP contribution in [-0.2, 0) is 29.2 Å². The molecule has 2 aliphatic rings. The van der Waals surface area contributed by atoms with Gasteiger partial charge in [0.2, 0.25) is 11.8 Å². The summed E-state index contributed by atoms with van der Waals surface area (Å²) in [5.41, 5.74) is 2.94. The fourth-order valence-corrected chi connectivity index (χ4v) is 6.46. The predicted octanol–water partition coefficient (Wildman–Crippen LogP) is 1.34. The van der Waals surface area contributed by atoms with Crippen LogP contribution in [0.15, 0.2) is 88.5 Å². The number of fused-ring (bicyclic) bond motifs is 2. The Kier molecular flexibility index (Phi) is 8.09. The standard InChI is InChI=1S/C30H30N8O5S/c1-2-12-36-18-26(40)37-22(16-34-13-11-24(39)33-30(34)43)28(41)35(15-21-9-6-10-23-27(21)32-19-44-23)17-25(37)38(36)29(42)31-14-20-7-4-3-5-8-20/h2-11,13,19,22,25H,1,12,14-18H2,(H,31,42)(H,33,39,43)/t22-,25-/m0/s1. The summed E-state index contributed by atoms with van der Waals surface area (Å²) in [7, 11) is 0. The highest BCUT2D eigenvalue weighted by molar-refractivity contribution is 7.16. The lowest BCUT2D eigenvalue weighted by atomic mass is 10.0. The number of H-pyrrole nitrogens is 1. The maximum atomic E-state index is 14.2. The summed E-state index contributed by atoms with van der Waals surface area (Å²) in [5, 5.41) is 6.02. The summed E-state index contributed by atoms with van der Waals surface area (Å²) in [5.74, 6) is -0.761. The number of thiazole rings is 1. The minimum atomic E-state index is -1.13. The predicted molar refractivity (Wildman–Crippen MR) is 163 cm³/mol. The van der Waals surface area contributed by atoms with Crippen molar-refractivity contribution in [2.24, 2.45) is 0 Å². The van der Waals surface area contributed by atoms with Crippen molar-refractivity contribution in [3.05, 3.63) is 111 Å². The minimum absolute atomic E-state index is 0.0223. The number of amides is 4. The molecule has 226 valence electrons. The van der Waals surface area contributed by atoms with Crippen LogP contribution in [0.3, 0.4) is 0 Å². The Morgan fingerprint density at radius 1 is 1.09 bits per heavy atom. The summed E-state index contributed by atoms with van der Waals surface area (Å²) in [4.78, 5) is 75.8. The van der Waals surface area contributed by atoms with Crippen molar-refractivity contribution in [1.82, 2.24) is 39.7 Å². The quantitative estimate of drug-likeness (QED) is 0.285. The minimum Gasteiger partial charge on any atom is -0.333 e. The van der Waals surface area contributed by atoms with Crippen LogP contribution in [0.4, 0.5) is 4.79 Å². The van der Waals surface area contributed by atoms with E-state index < -0.39 is 29.5 Å². The third-order valence-electron chi connectivity index (χ3n) is 7.74. The van der Waals surface area contributed by atoms with Crippen LogP contribution in [0.2, 0.25) is 0 Å². The molecule has 14 heteroatoms. The molecule has 0 aliphatic carbocycles. The van der Waals surface area contributed by atoms with E-state index in [1.807, 2.05) is 48.5 Å². The fraction of sp³-hybridized carbons (Fsp3) is 0.267. The highest BCUT2D eigenvalue weighted by atomic mass is 32.1. The van der Waals surface area contributed by atoms with Gasteiger partial charge in [0, 0.05) is 31.9 Å². The Bertz CT molecular complexity index is 1840. The lowest BCUT2D eigenvalue weighted by molar-refractivity contribution is -0.190. The number of piperazine rings is 1. The molecule has 4 heterocycles. The van der Waals surface area contributed by atoms with Gasteiger partial charge in [-0.1, -0.05) is 48.5 Å². The molecule has 4 aromatic rings. The number of hydrogen-bond acceptors (Lipinski definition) is 8. The van der Waals surface area contributed by atoms with Crippen LogP contribution in [-0.4, -0.2) is 84.0 Å². The third-order valence-corrected chi connectivity index (χ3v) is 8.53. The maximum Gasteiger partial charge on any atom is 0.334 e. The van der Waals surface area contributed by atoms with Crippen LogP contribution in [0.1, 0.15) is 11.1 Å². The molecule has 2 fully saturated rings. The zero-order valence-corrected chi connectivity index (χ0v) is 24.5. The Balaban J connectivity index is 1.38. The van der Waals surface area contributed by atoms with Gasteiger partial charge in [-0.05, 0) is 17.2 Å². The molecule has 0 radical (unpaired) electrons. The molecular formula is C30H30N8O5S. The van der Waals surface area contributed by atoms with Crippen LogP contribution >= 0.6 is 11.3 Å². The SMILES string of the molecule is C=CCN1CC(=O)N2[C@@H](Cn3ccc(=O)[nH]c3=O)C(=O)N(Cc3cccc4scnc34)C[C@@H]2N1C(=O)NCc1ccccc1. The van der Waals surface area contributed by atoms with Crippen LogP contribution < -0.4 is 16.6 Å². The largest absolute Gasteiger partial charge is 0.334 e. The van der Waals surface area contributed by atoms with Crippen LogP contribution in [0, 0.1) is 0 Å². The number of urea groups is 1. The van der Waals surface area contributed by atoms with Crippen molar-refractivity contribution in [1.29, 1.82) is 0 Å². The van der Waals surface area contributed by atoms with Gasteiger partial charge in [0.25, 0.3) is 5.56 Å². The molecule has 4 amide bonds. The lowest BCUT2D eigenvalue weighted by Crippen LogP contribution is -2.76. The van der Waals surface area contributed by atoms with E-state index in [4.69, 9.17) is 0 Å². The van der Waals surface area contributed by atoms with E-state index in [2.05, 4.69) is 21.9 Å². The smallest absolute Gasteiger partial charge is 0.333 e. The summed E-state index contributed by atoms with van der Waals surface area (Å²) in [6.45, 7) is 4.08. The second kappa shape index (κ2) is 12.3. The molecular weight excluding hydrogens is 584 g/mol. The number of aromatic nitrogens is 3. The van der Waals surface area contributed by atoms with Crippen molar-refractivity contribution in [2.45, 2.75) is 31.8 Å². The third kappa shape index (κ3) is 5.64. The molecule has 2 aromatic heterocycles. The van der Waals surface area contributed by atoms with Crippen molar-refractivity contribution in [3.63, 3.8) is 0 Å². The molecule has 44 heavy (non-hydrogen) atoms. The van der Waals surface area contributed by atoms with E-state index >= 15 is 0 Å². The average molecular weight is 615 g/mol. The Labute approximate surface area is 255 Å². The number of hydrazine groups is 1. The van der Waals surface area contributed by atoms with Crippen molar-refractivity contribution < 1.29 is 14.4 Å². The Morgan fingerprint density at radius 3 is 2.68 bits per heavy atom. The van der Waals surface area contributed by atoms with Crippen molar-refractivity contribution >= 4 is 39.4 Å². The van der Waals surface area contributed by atoms with Gasteiger partial charge in [-0.2, -0.15) is 0 Å².